The van der Waals surface area contributed by atoms with Crippen LogP contribution in [0.1, 0.15) is 19.3 Å². The zero-order chi connectivity index (χ0) is 7.11. The van der Waals surface area contributed by atoms with Crippen molar-refractivity contribution in [2.45, 2.75) is 25.3 Å². The molecule has 0 aromatic heterocycles. The number of halogens is 2. The van der Waals surface area contributed by atoms with E-state index < -0.39 is 0 Å². The van der Waals surface area contributed by atoms with Crippen molar-refractivity contribution in [1.29, 1.82) is 0 Å². The van der Waals surface area contributed by atoms with Gasteiger partial charge in [-0.15, -0.1) is 0 Å². The van der Waals surface area contributed by atoms with Gasteiger partial charge in [0.15, 0.2) is 0 Å². The highest BCUT2D eigenvalue weighted by molar-refractivity contribution is 7.80. The van der Waals surface area contributed by atoms with Crippen molar-refractivity contribution < 1.29 is 36.3 Å². The Balaban J connectivity index is -0.000000320. The first-order valence-corrected chi connectivity index (χ1v) is 4.17. The molecular formula is C6H18Cl2N2S. The average Bonchev–Trinajstić information content (AvgIpc) is 1.89. The Kier molecular flexibility index (Phi) is 21.8. The van der Waals surface area contributed by atoms with Crippen LogP contribution in [0.4, 0.5) is 0 Å². The van der Waals surface area contributed by atoms with Crippen LogP contribution in [-0.2, 0) is 0 Å². The summed E-state index contributed by atoms with van der Waals surface area (Å²) in [7, 11) is 0. The molecule has 6 N–H and O–H groups in total. The number of unbranched alkanes of at least 4 members (excludes halogenated alkanes) is 1. The summed E-state index contributed by atoms with van der Waals surface area (Å²) in [5.74, 6) is 0.914. The van der Waals surface area contributed by atoms with E-state index in [2.05, 4.69) is 24.1 Å². The van der Waals surface area contributed by atoms with Gasteiger partial charge in [0.05, 0.1) is 12.6 Å². The van der Waals surface area contributed by atoms with Gasteiger partial charge >= 0.3 is 0 Å². The van der Waals surface area contributed by atoms with E-state index in [9.17, 15) is 0 Å². The summed E-state index contributed by atoms with van der Waals surface area (Å²) < 4.78 is 0. The maximum atomic E-state index is 4.14. The van der Waals surface area contributed by atoms with Crippen LogP contribution < -0.4 is 36.3 Å². The van der Waals surface area contributed by atoms with Crippen molar-refractivity contribution in [1.82, 2.24) is 0 Å². The van der Waals surface area contributed by atoms with Crippen LogP contribution in [0.5, 0.6) is 0 Å². The fourth-order valence-electron chi connectivity index (χ4n) is 0.701. The second-order valence-electron chi connectivity index (χ2n) is 2.40. The molecule has 11 heavy (non-hydrogen) atoms. The monoisotopic (exact) mass is 220 g/mol. The number of hydrogen-bond acceptors (Lipinski definition) is 1. The van der Waals surface area contributed by atoms with E-state index in [-0.39, 0.29) is 24.8 Å². The molecule has 0 aliphatic rings. The zero-order valence-electron chi connectivity index (χ0n) is 6.73. The van der Waals surface area contributed by atoms with Gasteiger partial charge in [0.2, 0.25) is 0 Å². The summed E-state index contributed by atoms with van der Waals surface area (Å²) in [6.45, 7) is 1.05. The standard InChI is InChI=1S/C6H16N2S.2ClH/c7-4-2-1-3-6(8)5-9;;/h6,9H,1-5,7-8H2;2*1H. The lowest BCUT2D eigenvalue weighted by atomic mass is 10.1. The Bertz CT molecular complexity index is 66.5. The molecule has 1 unspecified atom stereocenters. The number of hydrogen-bond donors (Lipinski definition) is 3. The molecule has 0 heterocycles. The minimum Gasteiger partial charge on any atom is -1.00 e. The van der Waals surface area contributed by atoms with Crippen molar-refractivity contribution in [3.63, 3.8) is 0 Å². The predicted molar refractivity (Wildman–Crippen MR) is 42.1 cm³/mol. The molecule has 0 rings (SSSR count). The topological polar surface area (TPSA) is 55.3 Å². The molecule has 72 valence electrons. The van der Waals surface area contributed by atoms with Gasteiger partial charge in [-0.05, 0) is 12.8 Å². The van der Waals surface area contributed by atoms with E-state index >= 15 is 0 Å². The lowest BCUT2D eigenvalue weighted by Gasteiger charge is -2.01. The second kappa shape index (κ2) is 13.4. The van der Waals surface area contributed by atoms with Crippen molar-refractivity contribution in [2.24, 2.45) is 0 Å². The molecule has 0 radical (unpaired) electrons. The number of rotatable bonds is 5. The van der Waals surface area contributed by atoms with E-state index in [4.69, 9.17) is 0 Å². The van der Waals surface area contributed by atoms with E-state index in [1.165, 1.54) is 19.3 Å². The minimum atomic E-state index is 0. The van der Waals surface area contributed by atoms with E-state index in [0.717, 1.165) is 12.3 Å². The van der Waals surface area contributed by atoms with Gasteiger partial charge in [0, 0.05) is 12.2 Å². The molecule has 0 saturated carbocycles. The van der Waals surface area contributed by atoms with Gasteiger partial charge in [0.1, 0.15) is 0 Å². The predicted octanol–water partition coefficient (Wildman–Crippen LogP) is -7.05. The fourth-order valence-corrected chi connectivity index (χ4v) is 0.884. The molecule has 0 fully saturated rings. The Morgan fingerprint density at radius 2 is 1.73 bits per heavy atom. The third kappa shape index (κ3) is 13.8. The first-order valence-electron chi connectivity index (χ1n) is 3.54. The van der Waals surface area contributed by atoms with Gasteiger partial charge in [0.25, 0.3) is 0 Å². The molecular weight excluding hydrogens is 203 g/mol. The van der Waals surface area contributed by atoms with Crippen LogP contribution >= 0.6 is 12.6 Å². The van der Waals surface area contributed by atoms with Crippen molar-refractivity contribution >= 4 is 12.6 Å². The van der Waals surface area contributed by atoms with E-state index in [1.807, 2.05) is 0 Å². The van der Waals surface area contributed by atoms with Gasteiger partial charge in [-0.3, -0.25) is 0 Å². The van der Waals surface area contributed by atoms with Crippen LogP contribution in [0.3, 0.4) is 0 Å². The summed E-state index contributed by atoms with van der Waals surface area (Å²) >= 11 is 4.14. The molecule has 0 aliphatic carbocycles. The van der Waals surface area contributed by atoms with Gasteiger partial charge in [-0.25, -0.2) is 0 Å². The lowest BCUT2D eigenvalue weighted by Crippen LogP contribution is -3.00. The van der Waals surface area contributed by atoms with Gasteiger partial charge in [-0.2, -0.15) is 12.6 Å². The number of quaternary nitrogens is 2. The Labute approximate surface area is 86.7 Å². The zero-order valence-corrected chi connectivity index (χ0v) is 9.14. The van der Waals surface area contributed by atoms with Crippen molar-refractivity contribution in [2.75, 3.05) is 12.3 Å². The minimum absolute atomic E-state index is 0. The normalized spacial score (nSPS) is 11.2. The summed E-state index contributed by atoms with van der Waals surface area (Å²) in [4.78, 5) is 0. The molecule has 0 aromatic rings. The largest absolute Gasteiger partial charge is 1.00 e. The Hall–Kier alpha value is 0.850. The molecule has 0 saturated heterocycles. The van der Waals surface area contributed by atoms with Crippen LogP contribution in [-0.4, -0.2) is 18.3 Å². The first-order chi connectivity index (χ1) is 4.31. The van der Waals surface area contributed by atoms with Crippen molar-refractivity contribution in [3.8, 4) is 0 Å². The quantitative estimate of drug-likeness (QED) is 0.305. The maximum absolute atomic E-state index is 4.14. The number of thiol groups is 1. The molecule has 2 nitrogen and oxygen atoms in total. The summed E-state index contributed by atoms with van der Waals surface area (Å²) in [5, 5.41) is 0. The third-order valence-corrected chi connectivity index (χ3v) is 1.89. The highest BCUT2D eigenvalue weighted by Gasteiger charge is 2.00. The highest BCUT2D eigenvalue weighted by Crippen LogP contribution is 1.96. The molecule has 0 aromatic carbocycles. The Morgan fingerprint density at radius 3 is 2.09 bits per heavy atom. The van der Waals surface area contributed by atoms with Crippen molar-refractivity contribution in [3.05, 3.63) is 0 Å². The molecule has 0 spiro atoms. The Morgan fingerprint density at radius 1 is 1.18 bits per heavy atom. The lowest BCUT2D eigenvalue weighted by molar-refractivity contribution is -0.414. The van der Waals surface area contributed by atoms with Crippen LogP contribution in [0.2, 0.25) is 0 Å². The first kappa shape index (κ1) is 17.8. The van der Waals surface area contributed by atoms with Gasteiger partial charge < -0.3 is 36.3 Å². The second-order valence-corrected chi connectivity index (χ2v) is 2.76. The summed E-state index contributed by atoms with van der Waals surface area (Å²) in [5.41, 5.74) is 7.70. The van der Waals surface area contributed by atoms with Crippen LogP contribution in [0.15, 0.2) is 0 Å². The fraction of sp³-hybridized carbons (Fsp3) is 1.00. The van der Waals surface area contributed by atoms with Crippen LogP contribution in [0.25, 0.3) is 0 Å². The average molecular weight is 221 g/mol. The summed E-state index contributed by atoms with van der Waals surface area (Å²) in [6, 6.07) is 0.542. The van der Waals surface area contributed by atoms with Gasteiger partial charge in [-0.1, -0.05) is 0 Å². The highest BCUT2D eigenvalue weighted by atomic mass is 35.5. The van der Waals surface area contributed by atoms with Crippen LogP contribution in [0, 0.1) is 0 Å². The third-order valence-electron chi connectivity index (χ3n) is 1.37. The summed E-state index contributed by atoms with van der Waals surface area (Å²) in [6.07, 6.45) is 3.71. The smallest absolute Gasteiger partial charge is 0.0932 e. The molecule has 5 heteroatoms. The maximum Gasteiger partial charge on any atom is 0.0932 e. The molecule has 0 amide bonds. The molecule has 1 atom stereocenters. The molecule has 0 bridgehead atoms. The molecule has 0 aliphatic heterocycles. The SMILES string of the molecule is [Cl-].[Cl-].[NH3+]CCCCC([NH3+])CS. The van der Waals surface area contributed by atoms with E-state index in [1.54, 1.807) is 0 Å². The van der Waals surface area contributed by atoms with E-state index in [0.29, 0.717) is 6.04 Å².